The Balaban J connectivity index is 2.39. The SMILES string of the molecule is CC[NH+](CC)CCCOc1ccccc1C(C)C. The topological polar surface area (TPSA) is 13.7 Å². The van der Waals surface area contributed by atoms with Crippen molar-refractivity contribution in [1.82, 2.24) is 0 Å². The number of hydrogen-bond donors (Lipinski definition) is 1. The maximum Gasteiger partial charge on any atom is 0.122 e. The summed E-state index contributed by atoms with van der Waals surface area (Å²) in [6, 6.07) is 8.38. The van der Waals surface area contributed by atoms with E-state index in [1.165, 1.54) is 25.2 Å². The second-order valence-electron chi connectivity index (χ2n) is 5.10. The van der Waals surface area contributed by atoms with Gasteiger partial charge in [0.15, 0.2) is 0 Å². The van der Waals surface area contributed by atoms with Crippen LogP contribution in [-0.2, 0) is 0 Å². The van der Waals surface area contributed by atoms with Crippen LogP contribution in [-0.4, -0.2) is 26.2 Å². The molecule has 1 N–H and O–H groups in total. The number of rotatable bonds is 8. The first-order chi connectivity index (χ1) is 8.69. The lowest BCUT2D eigenvalue weighted by Gasteiger charge is -2.17. The van der Waals surface area contributed by atoms with E-state index in [1.807, 2.05) is 0 Å². The second kappa shape index (κ2) is 8.15. The monoisotopic (exact) mass is 250 g/mol. The molecule has 2 nitrogen and oxygen atoms in total. The van der Waals surface area contributed by atoms with Crippen molar-refractivity contribution >= 4 is 0 Å². The third kappa shape index (κ3) is 4.69. The summed E-state index contributed by atoms with van der Waals surface area (Å²) in [4.78, 5) is 1.65. The fourth-order valence-electron chi connectivity index (χ4n) is 2.20. The normalized spacial score (nSPS) is 11.2. The Labute approximate surface area is 112 Å². The highest BCUT2D eigenvalue weighted by Gasteiger charge is 2.07. The molecule has 0 aromatic heterocycles. The van der Waals surface area contributed by atoms with E-state index in [9.17, 15) is 0 Å². The van der Waals surface area contributed by atoms with Crippen molar-refractivity contribution in [1.29, 1.82) is 0 Å². The highest BCUT2D eigenvalue weighted by atomic mass is 16.5. The number of quaternary nitrogens is 1. The Morgan fingerprint density at radius 3 is 2.39 bits per heavy atom. The Hall–Kier alpha value is -1.02. The van der Waals surface area contributed by atoms with Crippen LogP contribution in [0.25, 0.3) is 0 Å². The predicted molar refractivity (Wildman–Crippen MR) is 77.6 cm³/mol. The fourth-order valence-corrected chi connectivity index (χ4v) is 2.20. The van der Waals surface area contributed by atoms with E-state index in [0.717, 1.165) is 18.8 Å². The fraction of sp³-hybridized carbons (Fsp3) is 0.625. The van der Waals surface area contributed by atoms with Crippen LogP contribution in [0.1, 0.15) is 45.6 Å². The van der Waals surface area contributed by atoms with Gasteiger partial charge < -0.3 is 9.64 Å². The van der Waals surface area contributed by atoms with Gasteiger partial charge in [0.25, 0.3) is 0 Å². The average molecular weight is 250 g/mol. The first kappa shape index (κ1) is 15.0. The van der Waals surface area contributed by atoms with E-state index in [1.54, 1.807) is 4.90 Å². The summed E-state index contributed by atoms with van der Waals surface area (Å²) < 4.78 is 5.92. The van der Waals surface area contributed by atoms with E-state index in [2.05, 4.69) is 52.0 Å². The molecule has 0 bridgehead atoms. The molecule has 102 valence electrons. The molecular formula is C16H28NO+. The van der Waals surface area contributed by atoms with E-state index in [0.29, 0.717) is 5.92 Å². The van der Waals surface area contributed by atoms with Crippen LogP contribution in [0.3, 0.4) is 0 Å². The van der Waals surface area contributed by atoms with Crippen molar-refractivity contribution in [3.05, 3.63) is 29.8 Å². The van der Waals surface area contributed by atoms with Crippen molar-refractivity contribution < 1.29 is 9.64 Å². The molecule has 1 rings (SSSR count). The minimum absolute atomic E-state index is 0.523. The number of benzene rings is 1. The molecule has 2 heteroatoms. The van der Waals surface area contributed by atoms with Gasteiger partial charge in [-0.1, -0.05) is 32.0 Å². The largest absolute Gasteiger partial charge is 0.493 e. The van der Waals surface area contributed by atoms with Gasteiger partial charge in [0, 0.05) is 6.42 Å². The number of nitrogens with one attached hydrogen (secondary N) is 1. The van der Waals surface area contributed by atoms with Gasteiger partial charge in [-0.25, -0.2) is 0 Å². The molecule has 0 saturated heterocycles. The first-order valence-corrected chi connectivity index (χ1v) is 7.24. The average Bonchev–Trinajstić information content (AvgIpc) is 2.39. The minimum atomic E-state index is 0.523. The van der Waals surface area contributed by atoms with Gasteiger partial charge in [-0.15, -0.1) is 0 Å². The molecule has 0 unspecified atom stereocenters. The molecule has 18 heavy (non-hydrogen) atoms. The molecule has 0 saturated carbocycles. The summed E-state index contributed by atoms with van der Waals surface area (Å²) in [7, 11) is 0. The molecule has 0 amide bonds. The van der Waals surface area contributed by atoms with Gasteiger partial charge in [0.2, 0.25) is 0 Å². The van der Waals surface area contributed by atoms with E-state index >= 15 is 0 Å². The number of para-hydroxylation sites is 1. The standard InChI is InChI=1S/C16H27NO/c1-5-17(6-2)12-9-13-18-16-11-8-7-10-15(16)14(3)4/h7-8,10-11,14H,5-6,9,12-13H2,1-4H3/p+1. The summed E-state index contributed by atoms with van der Waals surface area (Å²) in [5.74, 6) is 1.58. The Bertz CT molecular complexity index is 332. The summed E-state index contributed by atoms with van der Waals surface area (Å²) in [6.45, 7) is 13.4. The van der Waals surface area contributed by atoms with Crippen LogP contribution in [0.2, 0.25) is 0 Å². The molecule has 0 radical (unpaired) electrons. The van der Waals surface area contributed by atoms with Crippen molar-refractivity contribution in [2.75, 3.05) is 26.2 Å². The summed E-state index contributed by atoms with van der Waals surface area (Å²) in [5, 5.41) is 0. The van der Waals surface area contributed by atoms with E-state index < -0.39 is 0 Å². The smallest absolute Gasteiger partial charge is 0.122 e. The summed E-state index contributed by atoms with van der Waals surface area (Å²) in [5.41, 5.74) is 1.31. The van der Waals surface area contributed by atoms with Gasteiger partial charge in [0.05, 0.1) is 26.2 Å². The van der Waals surface area contributed by atoms with E-state index in [-0.39, 0.29) is 0 Å². The van der Waals surface area contributed by atoms with Gasteiger partial charge >= 0.3 is 0 Å². The van der Waals surface area contributed by atoms with Gasteiger partial charge in [0.1, 0.15) is 5.75 Å². The third-order valence-corrected chi connectivity index (χ3v) is 3.47. The molecule has 0 aliphatic rings. The lowest BCUT2D eigenvalue weighted by atomic mass is 10.0. The molecule has 0 fully saturated rings. The van der Waals surface area contributed by atoms with Gasteiger partial charge in [-0.05, 0) is 31.4 Å². The van der Waals surface area contributed by atoms with Crippen LogP contribution in [0.15, 0.2) is 24.3 Å². The maximum atomic E-state index is 5.92. The lowest BCUT2D eigenvalue weighted by molar-refractivity contribution is -0.896. The van der Waals surface area contributed by atoms with Crippen LogP contribution in [0, 0.1) is 0 Å². The van der Waals surface area contributed by atoms with E-state index in [4.69, 9.17) is 4.74 Å². The number of ether oxygens (including phenoxy) is 1. The van der Waals surface area contributed by atoms with Crippen molar-refractivity contribution in [2.24, 2.45) is 0 Å². The van der Waals surface area contributed by atoms with Crippen LogP contribution in [0.5, 0.6) is 5.75 Å². The highest BCUT2D eigenvalue weighted by molar-refractivity contribution is 5.35. The molecule has 0 aliphatic carbocycles. The Morgan fingerprint density at radius 1 is 1.11 bits per heavy atom. The second-order valence-corrected chi connectivity index (χ2v) is 5.10. The highest BCUT2D eigenvalue weighted by Crippen LogP contribution is 2.25. The van der Waals surface area contributed by atoms with Crippen LogP contribution >= 0.6 is 0 Å². The van der Waals surface area contributed by atoms with Gasteiger partial charge in [-0.3, -0.25) is 0 Å². The quantitative estimate of drug-likeness (QED) is 0.700. The summed E-state index contributed by atoms with van der Waals surface area (Å²) >= 11 is 0. The molecule has 0 spiro atoms. The van der Waals surface area contributed by atoms with Crippen molar-refractivity contribution in [3.8, 4) is 5.75 Å². The molecule has 0 heterocycles. The lowest BCUT2D eigenvalue weighted by Crippen LogP contribution is -3.11. The number of hydrogen-bond acceptors (Lipinski definition) is 1. The molecule has 1 aromatic carbocycles. The third-order valence-electron chi connectivity index (χ3n) is 3.47. The minimum Gasteiger partial charge on any atom is -0.493 e. The molecule has 0 aliphatic heterocycles. The summed E-state index contributed by atoms with van der Waals surface area (Å²) in [6.07, 6.45) is 1.13. The zero-order valence-corrected chi connectivity index (χ0v) is 12.3. The Kier molecular flexibility index (Phi) is 6.81. The zero-order chi connectivity index (χ0) is 13.4. The van der Waals surface area contributed by atoms with Crippen molar-refractivity contribution in [3.63, 3.8) is 0 Å². The van der Waals surface area contributed by atoms with Crippen molar-refractivity contribution in [2.45, 2.75) is 40.0 Å². The van der Waals surface area contributed by atoms with Gasteiger partial charge in [-0.2, -0.15) is 0 Å². The first-order valence-electron chi connectivity index (χ1n) is 7.24. The molecular weight excluding hydrogens is 222 g/mol. The predicted octanol–water partition coefficient (Wildman–Crippen LogP) is 2.50. The Morgan fingerprint density at radius 2 is 1.78 bits per heavy atom. The zero-order valence-electron chi connectivity index (χ0n) is 12.3. The van der Waals surface area contributed by atoms with Crippen LogP contribution in [0.4, 0.5) is 0 Å². The molecule has 0 atom stereocenters. The maximum absolute atomic E-state index is 5.92. The molecule has 1 aromatic rings. The van der Waals surface area contributed by atoms with Crippen LogP contribution < -0.4 is 9.64 Å².